The highest BCUT2D eigenvalue weighted by atomic mass is 32.1. The molecule has 0 fully saturated rings. The van der Waals surface area contributed by atoms with Crippen molar-refractivity contribution in [2.75, 3.05) is 0 Å². The maximum Gasteiger partial charge on any atom is 0.169 e. The lowest BCUT2D eigenvalue weighted by molar-refractivity contribution is 0.408. The van der Waals surface area contributed by atoms with Gasteiger partial charge in [0.1, 0.15) is 12.0 Å². The zero-order valence-electron chi connectivity index (χ0n) is 6.50. The van der Waals surface area contributed by atoms with Crippen molar-refractivity contribution in [3.63, 3.8) is 0 Å². The summed E-state index contributed by atoms with van der Waals surface area (Å²) in [7, 11) is 0. The molecule has 11 heavy (non-hydrogen) atoms. The third-order valence-corrected chi connectivity index (χ3v) is 1.73. The summed E-state index contributed by atoms with van der Waals surface area (Å²) in [5.74, 6) is 1.13. The predicted octanol–water partition coefficient (Wildman–Crippen LogP) is 2.84. The van der Waals surface area contributed by atoms with Gasteiger partial charge in [-0.3, -0.25) is 0 Å². The van der Waals surface area contributed by atoms with Crippen molar-refractivity contribution in [2.45, 2.75) is 19.8 Å². The maximum absolute atomic E-state index is 9.03. The number of hydrogen-bond donors (Lipinski definition) is 1. The van der Waals surface area contributed by atoms with E-state index in [2.05, 4.69) is 0 Å². The molecule has 0 aliphatic carbocycles. The van der Waals surface area contributed by atoms with E-state index in [1.54, 1.807) is 6.07 Å². The first-order valence-corrected chi connectivity index (χ1v) is 3.84. The fourth-order valence-electron chi connectivity index (χ4n) is 0.722. The summed E-state index contributed by atoms with van der Waals surface area (Å²) in [6, 6.07) is 1.68. The second kappa shape index (κ2) is 3.05. The zero-order valence-corrected chi connectivity index (χ0v) is 7.31. The van der Waals surface area contributed by atoms with Gasteiger partial charge in [0, 0.05) is 5.92 Å². The first-order valence-electron chi connectivity index (χ1n) is 3.43. The standard InChI is InChI=1S/C8H10O2S/c1-5(2)7-3-8(11)6(9)4-10-7/h3-5,9H,1-2H3. The Morgan fingerprint density at radius 1 is 1.55 bits per heavy atom. The molecule has 0 saturated carbocycles. The highest BCUT2D eigenvalue weighted by Crippen LogP contribution is 2.19. The molecule has 1 rings (SSSR count). The van der Waals surface area contributed by atoms with Crippen LogP contribution in [0.2, 0.25) is 0 Å². The number of aromatic hydroxyl groups is 1. The van der Waals surface area contributed by atoms with Gasteiger partial charge in [0.25, 0.3) is 0 Å². The van der Waals surface area contributed by atoms with E-state index in [0.717, 1.165) is 5.76 Å². The minimum absolute atomic E-state index is 0.0319. The molecular weight excluding hydrogens is 160 g/mol. The first-order chi connectivity index (χ1) is 5.11. The van der Waals surface area contributed by atoms with Gasteiger partial charge in [0.15, 0.2) is 5.75 Å². The van der Waals surface area contributed by atoms with Gasteiger partial charge in [-0.2, -0.15) is 0 Å². The Morgan fingerprint density at radius 3 is 2.64 bits per heavy atom. The lowest BCUT2D eigenvalue weighted by atomic mass is 10.1. The van der Waals surface area contributed by atoms with Crippen LogP contribution in [-0.2, 0) is 0 Å². The van der Waals surface area contributed by atoms with Crippen molar-refractivity contribution >= 4 is 12.2 Å². The second-order valence-corrected chi connectivity index (χ2v) is 3.13. The molecule has 0 radical (unpaired) electrons. The molecule has 1 aromatic rings. The van der Waals surface area contributed by atoms with Crippen molar-refractivity contribution in [1.82, 2.24) is 0 Å². The van der Waals surface area contributed by atoms with E-state index in [0.29, 0.717) is 10.4 Å². The number of hydrogen-bond acceptors (Lipinski definition) is 3. The molecule has 0 spiro atoms. The summed E-state index contributed by atoms with van der Waals surface area (Å²) in [6.07, 6.45) is 1.28. The average molecular weight is 170 g/mol. The van der Waals surface area contributed by atoms with Gasteiger partial charge in [-0.25, -0.2) is 0 Å². The van der Waals surface area contributed by atoms with Crippen LogP contribution in [0.3, 0.4) is 0 Å². The quantitative estimate of drug-likeness (QED) is 0.658. The summed E-state index contributed by atoms with van der Waals surface area (Å²) in [5, 5.41) is 9.03. The molecule has 0 aromatic carbocycles. The van der Waals surface area contributed by atoms with Gasteiger partial charge in [-0.15, -0.1) is 0 Å². The van der Waals surface area contributed by atoms with E-state index in [1.165, 1.54) is 6.26 Å². The molecule has 0 aliphatic rings. The van der Waals surface area contributed by atoms with Gasteiger partial charge >= 0.3 is 0 Å². The second-order valence-electron chi connectivity index (χ2n) is 2.69. The van der Waals surface area contributed by atoms with Gasteiger partial charge in [-0.1, -0.05) is 26.1 Å². The molecule has 0 atom stereocenters. The molecule has 0 aliphatic heterocycles. The third kappa shape index (κ3) is 1.80. The zero-order chi connectivity index (χ0) is 8.43. The van der Waals surface area contributed by atoms with Crippen molar-refractivity contribution in [2.24, 2.45) is 0 Å². The van der Waals surface area contributed by atoms with Crippen LogP contribution in [0.15, 0.2) is 16.7 Å². The molecule has 1 heterocycles. The maximum atomic E-state index is 9.03. The Kier molecular flexibility index (Phi) is 2.29. The van der Waals surface area contributed by atoms with Crippen LogP contribution in [0.25, 0.3) is 0 Å². The van der Waals surface area contributed by atoms with Gasteiger partial charge in [-0.05, 0) is 6.07 Å². The third-order valence-electron chi connectivity index (χ3n) is 1.40. The lowest BCUT2D eigenvalue weighted by Crippen LogP contribution is -1.85. The van der Waals surface area contributed by atoms with E-state index < -0.39 is 0 Å². The first kappa shape index (κ1) is 8.27. The monoisotopic (exact) mass is 170 g/mol. The largest absolute Gasteiger partial charge is 0.504 e. The van der Waals surface area contributed by atoms with Crippen molar-refractivity contribution in [3.05, 3.63) is 22.6 Å². The minimum atomic E-state index is 0.0319. The van der Waals surface area contributed by atoms with Crippen LogP contribution in [0, 0.1) is 4.51 Å². The number of rotatable bonds is 1. The fraction of sp³-hybridized carbons (Fsp3) is 0.375. The van der Waals surface area contributed by atoms with Crippen LogP contribution in [0.5, 0.6) is 5.75 Å². The van der Waals surface area contributed by atoms with Crippen molar-refractivity contribution < 1.29 is 9.52 Å². The Balaban J connectivity index is 3.16. The van der Waals surface area contributed by atoms with Gasteiger partial charge in [0.2, 0.25) is 0 Å². The fourth-order valence-corrected chi connectivity index (χ4v) is 0.886. The van der Waals surface area contributed by atoms with Crippen molar-refractivity contribution in [1.29, 1.82) is 0 Å². The molecule has 60 valence electrons. The van der Waals surface area contributed by atoms with Crippen LogP contribution in [-0.4, -0.2) is 5.11 Å². The van der Waals surface area contributed by atoms with E-state index in [1.807, 2.05) is 13.8 Å². The topological polar surface area (TPSA) is 33.4 Å². The van der Waals surface area contributed by atoms with E-state index in [4.69, 9.17) is 21.7 Å². The van der Waals surface area contributed by atoms with E-state index in [-0.39, 0.29) is 5.75 Å². The predicted molar refractivity (Wildman–Crippen MR) is 45.3 cm³/mol. The molecule has 0 amide bonds. The Morgan fingerprint density at radius 2 is 2.18 bits per heavy atom. The van der Waals surface area contributed by atoms with Gasteiger partial charge < -0.3 is 9.52 Å². The van der Waals surface area contributed by atoms with Crippen LogP contribution in [0.4, 0.5) is 0 Å². The van der Waals surface area contributed by atoms with Gasteiger partial charge in [0.05, 0.1) is 4.51 Å². The van der Waals surface area contributed by atoms with Crippen LogP contribution < -0.4 is 0 Å². The summed E-state index contributed by atoms with van der Waals surface area (Å²) in [4.78, 5) is 0. The Hall–Kier alpha value is -0.830. The van der Waals surface area contributed by atoms with E-state index >= 15 is 0 Å². The summed E-state index contributed by atoms with van der Waals surface area (Å²) in [5.41, 5.74) is 0. The molecule has 2 nitrogen and oxygen atoms in total. The lowest BCUT2D eigenvalue weighted by Gasteiger charge is -2.02. The molecule has 1 N–H and O–H groups in total. The van der Waals surface area contributed by atoms with Crippen LogP contribution in [0.1, 0.15) is 25.5 Å². The molecule has 0 saturated heterocycles. The van der Waals surface area contributed by atoms with Crippen molar-refractivity contribution in [3.8, 4) is 5.75 Å². The normalized spacial score (nSPS) is 10.5. The molecule has 3 heteroatoms. The summed E-state index contributed by atoms with van der Waals surface area (Å²) >= 11 is 4.85. The minimum Gasteiger partial charge on any atom is -0.504 e. The van der Waals surface area contributed by atoms with Crippen LogP contribution >= 0.6 is 12.2 Å². The summed E-state index contributed by atoms with van der Waals surface area (Å²) in [6.45, 7) is 4.01. The molecule has 0 bridgehead atoms. The van der Waals surface area contributed by atoms with E-state index in [9.17, 15) is 0 Å². The molecular formula is C8H10O2S. The summed E-state index contributed by atoms with van der Waals surface area (Å²) < 4.78 is 5.53. The Bertz CT molecular complexity index is 301. The highest BCUT2D eigenvalue weighted by Gasteiger charge is 2.02. The Labute approximate surface area is 70.5 Å². The molecule has 1 aromatic heterocycles. The molecule has 0 unspecified atom stereocenters. The highest BCUT2D eigenvalue weighted by molar-refractivity contribution is 7.71. The SMILES string of the molecule is CC(C)c1cc(=S)c(O)co1. The average Bonchev–Trinajstić information content (AvgIpc) is 1.94. The smallest absolute Gasteiger partial charge is 0.169 e.